The fraction of sp³-hybridized carbons (Fsp3) is 0.158. The monoisotopic (exact) mass is 257 g/mol. The van der Waals surface area contributed by atoms with Crippen molar-refractivity contribution in [3.63, 3.8) is 0 Å². The zero-order valence-electron chi connectivity index (χ0n) is 11.2. The first-order valence-corrected chi connectivity index (χ1v) is 7.10. The fourth-order valence-electron chi connectivity index (χ4n) is 2.94. The second-order valence-electron chi connectivity index (χ2n) is 5.32. The normalized spacial score (nSPS) is 17.9. The summed E-state index contributed by atoms with van der Waals surface area (Å²) in [5.74, 6) is 0.314. The van der Waals surface area contributed by atoms with Gasteiger partial charge in [-0.2, -0.15) is 0 Å². The molecular weight excluding hydrogens is 242 g/mol. The van der Waals surface area contributed by atoms with E-state index in [4.69, 9.17) is 4.98 Å². The maximum atomic E-state index is 4.81. The van der Waals surface area contributed by atoms with E-state index in [9.17, 15) is 0 Å². The van der Waals surface area contributed by atoms with Crippen LogP contribution in [0.2, 0.25) is 0 Å². The number of fused-ring (bicyclic) bond motifs is 2. The van der Waals surface area contributed by atoms with E-state index < -0.39 is 0 Å². The lowest BCUT2D eigenvalue weighted by atomic mass is 9.82. The Kier molecular flexibility index (Phi) is 2.77. The van der Waals surface area contributed by atoms with Gasteiger partial charge in [0.2, 0.25) is 0 Å². The van der Waals surface area contributed by atoms with E-state index in [2.05, 4.69) is 61.0 Å². The average molecular weight is 257 g/mol. The molecule has 1 atom stereocenters. The first kappa shape index (κ1) is 11.7. The van der Waals surface area contributed by atoms with Gasteiger partial charge in [-0.15, -0.1) is 0 Å². The van der Waals surface area contributed by atoms with Crippen LogP contribution < -0.4 is 0 Å². The Bertz CT molecular complexity index is 760. The molecule has 1 heteroatoms. The van der Waals surface area contributed by atoms with Crippen LogP contribution in [0.25, 0.3) is 10.9 Å². The molecule has 1 aliphatic carbocycles. The molecule has 0 fully saturated rings. The van der Waals surface area contributed by atoms with Gasteiger partial charge in [0, 0.05) is 23.4 Å². The van der Waals surface area contributed by atoms with Crippen molar-refractivity contribution in [1.82, 2.24) is 4.98 Å². The Morgan fingerprint density at radius 3 is 2.75 bits per heavy atom. The molecule has 0 saturated carbocycles. The van der Waals surface area contributed by atoms with E-state index in [-0.39, 0.29) is 0 Å². The highest BCUT2D eigenvalue weighted by Crippen LogP contribution is 2.33. The third kappa shape index (κ3) is 2.00. The van der Waals surface area contributed by atoms with Gasteiger partial charge in [0.1, 0.15) is 0 Å². The molecule has 3 aromatic rings. The quantitative estimate of drug-likeness (QED) is 0.630. The minimum absolute atomic E-state index is 0.314. The summed E-state index contributed by atoms with van der Waals surface area (Å²) in [5.41, 5.74) is 4.87. The summed E-state index contributed by atoms with van der Waals surface area (Å²) in [6.07, 6.45) is 5.83. The maximum absolute atomic E-state index is 4.81. The molecule has 0 saturated heterocycles. The molecule has 1 heterocycles. The van der Waals surface area contributed by atoms with Crippen molar-refractivity contribution in [3.8, 4) is 0 Å². The Morgan fingerprint density at radius 1 is 0.900 bits per heavy atom. The van der Waals surface area contributed by atoms with E-state index in [1.54, 1.807) is 0 Å². The number of nitrogens with zero attached hydrogens (tertiary/aromatic N) is 1. The zero-order chi connectivity index (χ0) is 13.4. The number of hydrogen-bond acceptors (Lipinski definition) is 1. The van der Waals surface area contributed by atoms with Crippen LogP contribution in [-0.2, 0) is 6.42 Å². The minimum Gasteiger partial charge on any atom is -0.253 e. The van der Waals surface area contributed by atoms with Crippen molar-refractivity contribution in [3.05, 3.63) is 83.9 Å². The van der Waals surface area contributed by atoms with E-state index >= 15 is 0 Å². The molecule has 0 amide bonds. The topological polar surface area (TPSA) is 12.9 Å². The Hall–Kier alpha value is -2.15. The molecule has 1 aromatic heterocycles. The molecule has 0 bridgehead atoms. The summed E-state index contributed by atoms with van der Waals surface area (Å²) < 4.78 is 0. The smallest absolute Gasteiger partial charge is 0.0705 e. The lowest BCUT2D eigenvalue weighted by Crippen LogP contribution is -2.11. The van der Waals surface area contributed by atoms with Crippen LogP contribution in [0.15, 0.2) is 60.7 Å². The molecule has 2 radical (unpaired) electrons. The lowest BCUT2D eigenvalue weighted by molar-refractivity contribution is 0.659. The molecule has 1 unspecified atom stereocenters. The highest BCUT2D eigenvalue weighted by Gasteiger charge is 2.21. The van der Waals surface area contributed by atoms with Crippen molar-refractivity contribution < 1.29 is 0 Å². The lowest BCUT2D eigenvalue weighted by Gasteiger charge is -2.23. The highest BCUT2D eigenvalue weighted by atomic mass is 14.7. The van der Waals surface area contributed by atoms with Crippen LogP contribution in [0.3, 0.4) is 0 Å². The molecule has 1 aliphatic rings. The largest absolute Gasteiger partial charge is 0.253 e. The summed E-state index contributed by atoms with van der Waals surface area (Å²) in [5, 5.41) is 1.20. The number of aryl methyl sites for hydroxylation is 1. The predicted octanol–water partition coefficient (Wildman–Crippen LogP) is 4.39. The molecule has 1 nitrogen and oxygen atoms in total. The van der Waals surface area contributed by atoms with Gasteiger partial charge >= 0.3 is 0 Å². The van der Waals surface area contributed by atoms with Crippen molar-refractivity contribution in [2.75, 3.05) is 0 Å². The zero-order valence-corrected chi connectivity index (χ0v) is 11.2. The van der Waals surface area contributed by atoms with Crippen molar-refractivity contribution in [2.24, 2.45) is 0 Å². The van der Waals surface area contributed by atoms with Crippen LogP contribution >= 0.6 is 0 Å². The molecule has 20 heavy (non-hydrogen) atoms. The van der Waals surface area contributed by atoms with Crippen molar-refractivity contribution in [1.29, 1.82) is 0 Å². The van der Waals surface area contributed by atoms with Gasteiger partial charge < -0.3 is 0 Å². The average Bonchev–Trinajstić information content (AvgIpc) is 2.54. The van der Waals surface area contributed by atoms with Crippen LogP contribution in [0.1, 0.15) is 29.2 Å². The minimum atomic E-state index is 0.314. The molecule has 0 N–H and O–H groups in total. The second-order valence-corrected chi connectivity index (χ2v) is 5.32. The van der Waals surface area contributed by atoms with Gasteiger partial charge in [-0.25, -0.2) is 0 Å². The number of para-hydroxylation sites is 1. The van der Waals surface area contributed by atoms with Gasteiger partial charge in [-0.3, -0.25) is 4.98 Å². The Balaban J connectivity index is 1.70. The number of benzene rings is 2. The second kappa shape index (κ2) is 4.75. The summed E-state index contributed by atoms with van der Waals surface area (Å²) in [7, 11) is 0. The summed E-state index contributed by atoms with van der Waals surface area (Å²) in [4.78, 5) is 4.81. The van der Waals surface area contributed by atoms with E-state index in [1.807, 2.05) is 6.07 Å². The molecule has 2 aromatic carbocycles. The van der Waals surface area contributed by atoms with Crippen molar-refractivity contribution >= 4 is 10.9 Å². The van der Waals surface area contributed by atoms with Gasteiger partial charge in [0.15, 0.2) is 0 Å². The Morgan fingerprint density at radius 2 is 1.75 bits per heavy atom. The Labute approximate surface area is 119 Å². The fourth-order valence-corrected chi connectivity index (χ4v) is 2.94. The van der Waals surface area contributed by atoms with Gasteiger partial charge in [-0.05, 0) is 36.1 Å². The van der Waals surface area contributed by atoms with E-state index in [0.717, 1.165) is 24.1 Å². The first-order valence-electron chi connectivity index (χ1n) is 7.10. The maximum Gasteiger partial charge on any atom is 0.0705 e. The standard InChI is InChI=1S/C19H15N/c1-2-7-16-13-17(10-9-14(16)5-1)19-12-11-15-6-3-4-8-18(15)20-19/h1-8,11-12,17H,9-10H2. The van der Waals surface area contributed by atoms with Crippen LogP contribution in [0, 0.1) is 6.42 Å². The van der Waals surface area contributed by atoms with Gasteiger partial charge in [0.25, 0.3) is 0 Å². The molecule has 0 aliphatic heterocycles. The number of hydrogen-bond donors (Lipinski definition) is 0. The van der Waals surface area contributed by atoms with Crippen LogP contribution in [0.4, 0.5) is 0 Å². The molecular formula is C19H15N. The SMILES string of the molecule is [C]1c2ccccc2CCC1c1ccc2ccccc2n1. The summed E-state index contributed by atoms with van der Waals surface area (Å²) in [6.45, 7) is 0. The third-order valence-corrected chi connectivity index (χ3v) is 4.03. The molecule has 4 rings (SSSR count). The molecule has 96 valence electrons. The summed E-state index contributed by atoms with van der Waals surface area (Å²) >= 11 is 0. The summed E-state index contributed by atoms with van der Waals surface area (Å²) in [6, 6.07) is 21.1. The third-order valence-electron chi connectivity index (χ3n) is 4.03. The number of pyridine rings is 1. The predicted molar refractivity (Wildman–Crippen MR) is 81.6 cm³/mol. The number of rotatable bonds is 1. The van der Waals surface area contributed by atoms with Gasteiger partial charge in [-0.1, -0.05) is 48.5 Å². The number of aromatic nitrogens is 1. The van der Waals surface area contributed by atoms with Crippen molar-refractivity contribution in [2.45, 2.75) is 18.8 Å². The van der Waals surface area contributed by atoms with Gasteiger partial charge in [0.05, 0.1) is 5.52 Å². The first-order chi connectivity index (χ1) is 9.90. The highest BCUT2D eigenvalue weighted by molar-refractivity contribution is 5.78. The van der Waals surface area contributed by atoms with Crippen LogP contribution in [0.5, 0.6) is 0 Å². The molecule has 0 spiro atoms. The van der Waals surface area contributed by atoms with E-state index in [1.165, 1.54) is 16.5 Å². The van der Waals surface area contributed by atoms with Crippen LogP contribution in [-0.4, -0.2) is 4.98 Å². The van der Waals surface area contributed by atoms with E-state index in [0.29, 0.717) is 5.92 Å².